The third kappa shape index (κ3) is 6.10. The first-order valence-corrected chi connectivity index (χ1v) is 11.7. The molecule has 2 aromatic heterocycles. The van der Waals surface area contributed by atoms with Gasteiger partial charge in [0.25, 0.3) is 5.91 Å². The van der Waals surface area contributed by atoms with Crippen LogP contribution in [0.2, 0.25) is 0 Å². The number of rotatable bonds is 8. The molecular weight excluding hydrogens is 408 g/mol. The molecule has 0 atom stereocenters. The number of aryl methyl sites for hydroxylation is 1. The number of nitrogens with one attached hydrogen (secondary N) is 1. The maximum absolute atomic E-state index is 12.3. The molecule has 0 spiro atoms. The lowest BCUT2D eigenvalue weighted by molar-refractivity contribution is 0.0977. The largest absolute Gasteiger partial charge is 0.343 e. The van der Waals surface area contributed by atoms with Crippen molar-refractivity contribution >= 4 is 32.4 Å². The number of hydrogen-bond acceptors (Lipinski definition) is 7. The van der Waals surface area contributed by atoms with Crippen LogP contribution >= 0.6 is 11.3 Å². The maximum atomic E-state index is 12.3. The second-order valence-corrected chi connectivity index (χ2v) is 9.55. The first kappa shape index (κ1) is 20.9. The van der Waals surface area contributed by atoms with E-state index in [9.17, 15) is 13.2 Å². The summed E-state index contributed by atoms with van der Waals surface area (Å²) in [5, 5.41) is 0.680. The molecular formula is C20H22N4O3S2. The first-order valence-electron chi connectivity index (χ1n) is 8.99. The van der Waals surface area contributed by atoms with Gasteiger partial charge in [-0.15, -0.1) is 11.3 Å². The molecule has 0 aliphatic carbocycles. The molecule has 152 valence electrons. The molecule has 9 heteroatoms. The summed E-state index contributed by atoms with van der Waals surface area (Å²) in [4.78, 5) is 23.6. The molecule has 0 fully saturated rings. The van der Waals surface area contributed by atoms with Crippen molar-refractivity contribution in [3.05, 3.63) is 76.6 Å². The van der Waals surface area contributed by atoms with E-state index in [0.29, 0.717) is 23.1 Å². The Labute approximate surface area is 174 Å². The van der Waals surface area contributed by atoms with Crippen LogP contribution in [0, 0.1) is 6.92 Å². The Kier molecular flexibility index (Phi) is 6.60. The number of hydrogen-bond donors (Lipinski definition) is 1. The van der Waals surface area contributed by atoms with Gasteiger partial charge in [0.1, 0.15) is 5.69 Å². The average Bonchev–Trinajstić information content (AvgIpc) is 3.07. The third-order valence-corrected chi connectivity index (χ3v) is 5.77. The van der Waals surface area contributed by atoms with Gasteiger partial charge in [-0.05, 0) is 36.6 Å². The fourth-order valence-corrected chi connectivity index (χ4v) is 4.17. The molecule has 0 aliphatic heterocycles. The van der Waals surface area contributed by atoms with Gasteiger partial charge in [0.2, 0.25) is 10.0 Å². The van der Waals surface area contributed by atoms with Crippen LogP contribution < -0.4 is 9.62 Å². The van der Waals surface area contributed by atoms with Crippen molar-refractivity contribution < 1.29 is 13.2 Å². The maximum Gasteiger partial charge on any atom is 0.284 e. The number of anilines is 1. The van der Waals surface area contributed by atoms with Gasteiger partial charge in [-0.1, -0.05) is 30.3 Å². The lowest BCUT2D eigenvalue weighted by atomic mass is 10.1. The van der Waals surface area contributed by atoms with Crippen LogP contribution in [0.4, 0.5) is 5.13 Å². The monoisotopic (exact) mass is 430 g/mol. The van der Waals surface area contributed by atoms with Gasteiger partial charge in [-0.3, -0.25) is 9.78 Å². The van der Waals surface area contributed by atoms with E-state index >= 15 is 0 Å². The second-order valence-electron chi connectivity index (χ2n) is 6.62. The highest BCUT2D eigenvalue weighted by Crippen LogP contribution is 2.27. The summed E-state index contributed by atoms with van der Waals surface area (Å²) >= 11 is 1.38. The van der Waals surface area contributed by atoms with Gasteiger partial charge >= 0.3 is 0 Å². The van der Waals surface area contributed by atoms with E-state index in [2.05, 4.69) is 14.9 Å². The number of sulfonamides is 1. The van der Waals surface area contributed by atoms with Crippen molar-refractivity contribution in [1.29, 1.82) is 0 Å². The number of nitrogens with zero attached hydrogens (tertiary/aromatic N) is 3. The summed E-state index contributed by atoms with van der Waals surface area (Å²) in [5.74, 6) is -0.707. The minimum Gasteiger partial charge on any atom is -0.343 e. The number of carbonyl (C=O) groups is 1. The Hall–Kier alpha value is -2.78. The van der Waals surface area contributed by atoms with Crippen LogP contribution in [-0.2, 0) is 23.0 Å². The zero-order valence-electron chi connectivity index (χ0n) is 16.2. The van der Waals surface area contributed by atoms with Crippen LogP contribution in [0.15, 0.2) is 54.9 Å². The summed E-state index contributed by atoms with van der Waals surface area (Å²) in [6.45, 7) is 3.09. The summed E-state index contributed by atoms with van der Waals surface area (Å²) in [7, 11) is -3.65. The SMILES string of the molecule is Cc1sc(N(CCc2ccncc2)Cc2ccccc2)nc1C(=O)NS(C)(=O)=O. The number of carbonyl (C=O) groups excluding carboxylic acids is 1. The van der Waals surface area contributed by atoms with Crippen LogP contribution in [0.25, 0.3) is 0 Å². The van der Waals surface area contributed by atoms with E-state index in [1.54, 1.807) is 19.3 Å². The molecule has 0 saturated carbocycles. The zero-order valence-corrected chi connectivity index (χ0v) is 17.8. The average molecular weight is 431 g/mol. The molecule has 1 N–H and O–H groups in total. The van der Waals surface area contributed by atoms with E-state index < -0.39 is 15.9 Å². The van der Waals surface area contributed by atoms with Crippen LogP contribution in [0.1, 0.15) is 26.5 Å². The van der Waals surface area contributed by atoms with E-state index in [-0.39, 0.29) is 5.69 Å². The summed E-state index contributed by atoms with van der Waals surface area (Å²) < 4.78 is 24.8. The predicted molar refractivity (Wildman–Crippen MR) is 115 cm³/mol. The van der Waals surface area contributed by atoms with E-state index in [1.807, 2.05) is 47.2 Å². The lowest BCUT2D eigenvalue weighted by Crippen LogP contribution is -2.30. The van der Waals surface area contributed by atoms with Gasteiger partial charge in [0, 0.05) is 30.4 Å². The quantitative estimate of drug-likeness (QED) is 0.591. The zero-order chi connectivity index (χ0) is 20.9. The topological polar surface area (TPSA) is 92.3 Å². The molecule has 3 aromatic rings. The Bertz CT molecular complexity index is 1070. The van der Waals surface area contributed by atoms with Gasteiger partial charge < -0.3 is 4.90 Å². The Morgan fingerprint density at radius 3 is 2.45 bits per heavy atom. The molecule has 0 saturated heterocycles. The van der Waals surface area contributed by atoms with Crippen molar-refractivity contribution in [3.63, 3.8) is 0 Å². The highest BCUT2D eigenvalue weighted by Gasteiger charge is 2.21. The van der Waals surface area contributed by atoms with Crippen molar-refractivity contribution in [2.75, 3.05) is 17.7 Å². The summed E-state index contributed by atoms with van der Waals surface area (Å²) in [5.41, 5.74) is 2.41. The minimum atomic E-state index is -3.65. The Morgan fingerprint density at radius 2 is 1.79 bits per heavy atom. The predicted octanol–water partition coefficient (Wildman–Crippen LogP) is 2.79. The van der Waals surface area contributed by atoms with Crippen molar-refractivity contribution in [2.45, 2.75) is 19.9 Å². The molecule has 1 amide bonds. The first-order chi connectivity index (χ1) is 13.8. The number of aromatic nitrogens is 2. The molecule has 7 nitrogen and oxygen atoms in total. The van der Waals surface area contributed by atoms with Crippen LogP contribution in [0.3, 0.4) is 0 Å². The normalized spacial score (nSPS) is 11.2. The Balaban J connectivity index is 1.85. The number of benzene rings is 1. The van der Waals surface area contributed by atoms with Gasteiger partial charge in [-0.25, -0.2) is 18.1 Å². The fourth-order valence-electron chi connectivity index (χ4n) is 2.80. The van der Waals surface area contributed by atoms with Gasteiger partial charge in [0.15, 0.2) is 5.13 Å². The van der Waals surface area contributed by atoms with E-state index in [4.69, 9.17) is 0 Å². The minimum absolute atomic E-state index is 0.136. The second kappa shape index (κ2) is 9.15. The number of pyridine rings is 1. The summed E-state index contributed by atoms with van der Waals surface area (Å²) in [6.07, 6.45) is 5.26. The van der Waals surface area contributed by atoms with E-state index in [0.717, 1.165) is 23.8 Å². The molecule has 0 bridgehead atoms. The number of thiazole rings is 1. The van der Waals surface area contributed by atoms with Crippen LogP contribution in [-0.4, -0.2) is 37.1 Å². The molecule has 0 unspecified atom stereocenters. The Morgan fingerprint density at radius 1 is 1.10 bits per heavy atom. The van der Waals surface area contributed by atoms with Crippen LogP contribution in [0.5, 0.6) is 0 Å². The molecule has 2 heterocycles. The van der Waals surface area contributed by atoms with Crippen molar-refractivity contribution in [3.8, 4) is 0 Å². The molecule has 1 aromatic carbocycles. The van der Waals surface area contributed by atoms with E-state index in [1.165, 1.54) is 11.3 Å². The van der Waals surface area contributed by atoms with Gasteiger partial charge in [0.05, 0.1) is 6.26 Å². The van der Waals surface area contributed by atoms with Gasteiger partial charge in [-0.2, -0.15) is 0 Å². The standard InChI is InChI=1S/C20H22N4O3S2/c1-15-18(19(25)23-29(2,26)27)22-20(28-15)24(14-17-6-4-3-5-7-17)13-10-16-8-11-21-12-9-16/h3-9,11-12H,10,13-14H2,1-2H3,(H,23,25). The smallest absolute Gasteiger partial charge is 0.284 e. The third-order valence-electron chi connectivity index (χ3n) is 4.19. The molecule has 0 aliphatic rings. The highest BCUT2D eigenvalue weighted by molar-refractivity contribution is 7.89. The molecule has 0 radical (unpaired) electrons. The van der Waals surface area contributed by atoms with Crippen molar-refractivity contribution in [1.82, 2.24) is 14.7 Å². The summed E-state index contributed by atoms with van der Waals surface area (Å²) in [6, 6.07) is 13.9. The molecule has 3 rings (SSSR count). The fraction of sp³-hybridized carbons (Fsp3) is 0.250. The van der Waals surface area contributed by atoms with Crippen molar-refractivity contribution in [2.24, 2.45) is 0 Å². The highest BCUT2D eigenvalue weighted by atomic mass is 32.2. The molecule has 29 heavy (non-hydrogen) atoms. The number of amides is 1. The lowest BCUT2D eigenvalue weighted by Gasteiger charge is -2.22.